The van der Waals surface area contributed by atoms with Crippen LogP contribution in [0.2, 0.25) is 0 Å². The molecule has 0 aromatic carbocycles. The Kier molecular flexibility index (Phi) is 21.9. The van der Waals surface area contributed by atoms with Crippen LogP contribution in [-0.4, -0.2) is 16.7 Å². The summed E-state index contributed by atoms with van der Waals surface area (Å²) >= 11 is 0. The number of aliphatic hydroxyl groups excluding tert-OH is 1. The van der Waals surface area contributed by atoms with Gasteiger partial charge in [0, 0.05) is 0 Å². The van der Waals surface area contributed by atoms with Gasteiger partial charge in [0.25, 0.3) is 0 Å². The molecule has 0 aromatic heterocycles. The van der Waals surface area contributed by atoms with Crippen molar-refractivity contribution in [2.45, 2.75) is 52.1 Å². The Morgan fingerprint density at radius 1 is 1.18 bits per heavy atom. The van der Waals surface area contributed by atoms with Crippen molar-refractivity contribution in [3.8, 4) is 0 Å². The molecule has 0 saturated heterocycles. The summed E-state index contributed by atoms with van der Waals surface area (Å²) in [5.41, 5.74) is 0. The molecule has 0 aliphatic rings. The molecule has 0 radical (unpaired) electrons. The maximum atomic E-state index is 9.08. The van der Waals surface area contributed by atoms with E-state index < -0.39 is 0 Å². The van der Waals surface area contributed by atoms with Crippen molar-refractivity contribution in [2.24, 2.45) is 0 Å². The monoisotopic (exact) mass is 170 g/mol. The fourth-order valence-corrected chi connectivity index (χ4v) is 0.834. The zero-order chi connectivity index (χ0) is 7.11. The van der Waals surface area contributed by atoms with Crippen molar-refractivity contribution >= 4 is 0 Å². The zero-order valence-corrected chi connectivity index (χ0v) is 10.0. The SMILES string of the molecule is CCCCCC(O)CC.[Na+].[OH-]. The number of hydrogen-bond acceptors (Lipinski definition) is 2. The topological polar surface area (TPSA) is 50.2 Å². The normalized spacial score (nSPS) is 11.2. The Morgan fingerprint density at radius 2 is 1.73 bits per heavy atom. The van der Waals surface area contributed by atoms with Crippen molar-refractivity contribution in [1.29, 1.82) is 0 Å². The van der Waals surface area contributed by atoms with E-state index in [0.717, 1.165) is 12.8 Å². The van der Waals surface area contributed by atoms with E-state index >= 15 is 0 Å². The van der Waals surface area contributed by atoms with Gasteiger partial charge in [-0.3, -0.25) is 0 Å². The van der Waals surface area contributed by atoms with Gasteiger partial charge in [-0.25, -0.2) is 0 Å². The molecule has 1 atom stereocenters. The van der Waals surface area contributed by atoms with E-state index in [1.807, 2.05) is 6.92 Å². The van der Waals surface area contributed by atoms with E-state index in [-0.39, 0.29) is 41.1 Å². The minimum Gasteiger partial charge on any atom is -0.870 e. The smallest absolute Gasteiger partial charge is 0.870 e. The Hall–Kier alpha value is 0.920. The largest absolute Gasteiger partial charge is 1.00 e. The molecule has 3 heteroatoms. The van der Waals surface area contributed by atoms with Crippen LogP contribution in [0.25, 0.3) is 0 Å². The van der Waals surface area contributed by atoms with Gasteiger partial charge in [-0.05, 0) is 12.8 Å². The molecule has 0 rings (SSSR count). The molecule has 0 spiro atoms. The number of rotatable bonds is 5. The van der Waals surface area contributed by atoms with Crippen LogP contribution in [0.5, 0.6) is 0 Å². The minimum atomic E-state index is -0.0449. The molecule has 0 amide bonds. The van der Waals surface area contributed by atoms with Crippen LogP contribution < -0.4 is 29.6 Å². The standard InChI is InChI=1S/C8H18O.Na.H2O/c1-3-5-6-7-8(9)4-2;;/h8-9H,3-7H2,1-2H3;;1H2/q;+1;/p-1. The van der Waals surface area contributed by atoms with Gasteiger partial charge in [0.05, 0.1) is 6.10 Å². The second-order valence-corrected chi connectivity index (χ2v) is 2.56. The van der Waals surface area contributed by atoms with Crippen molar-refractivity contribution in [3.05, 3.63) is 0 Å². The van der Waals surface area contributed by atoms with Crippen molar-refractivity contribution in [3.63, 3.8) is 0 Å². The summed E-state index contributed by atoms with van der Waals surface area (Å²) in [4.78, 5) is 0. The van der Waals surface area contributed by atoms with Gasteiger partial charge in [0.15, 0.2) is 0 Å². The Bertz CT molecular complexity index is 60.1. The Labute approximate surface area is 92.0 Å². The third kappa shape index (κ3) is 13.9. The second kappa shape index (κ2) is 13.5. The quantitative estimate of drug-likeness (QED) is 0.432. The van der Waals surface area contributed by atoms with Crippen LogP contribution in [0.3, 0.4) is 0 Å². The van der Waals surface area contributed by atoms with Gasteiger partial charge in [0.1, 0.15) is 0 Å². The van der Waals surface area contributed by atoms with E-state index in [9.17, 15) is 0 Å². The van der Waals surface area contributed by atoms with E-state index in [4.69, 9.17) is 5.11 Å². The van der Waals surface area contributed by atoms with Crippen LogP contribution in [-0.2, 0) is 0 Å². The molecule has 2 nitrogen and oxygen atoms in total. The predicted molar refractivity (Wildman–Crippen MR) is 42.4 cm³/mol. The molecule has 2 N–H and O–H groups in total. The summed E-state index contributed by atoms with van der Waals surface area (Å²) in [6.45, 7) is 4.20. The van der Waals surface area contributed by atoms with Gasteiger partial charge in [-0.15, -0.1) is 0 Å². The summed E-state index contributed by atoms with van der Waals surface area (Å²) in [6, 6.07) is 0. The third-order valence-electron chi connectivity index (χ3n) is 1.61. The predicted octanol–water partition coefficient (Wildman–Crippen LogP) is -0.835. The van der Waals surface area contributed by atoms with E-state index in [2.05, 4.69) is 6.92 Å². The summed E-state index contributed by atoms with van der Waals surface area (Å²) in [5.74, 6) is 0. The first kappa shape index (κ1) is 17.9. The van der Waals surface area contributed by atoms with Crippen LogP contribution in [0.1, 0.15) is 46.0 Å². The van der Waals surface area contributed by atoms with Gasteiger partial charge < -0.3 is 10.6 Å². The van der Waals surface area contributed by atoms with Gasteiger partial charge >= 0.3 is 29.6 Å². The molecule has 0 fully saturated rings. The molecule has 0 aliphatic heterocycles. The van der Waals surface area contributed by atoms with Crippen LogP contribution >= 0.6 is 0 Å². The molecule has 1 unspecified atom stereocenters. The molecule has 0 heterocycles. The maximum absolute atomic E-state index is 9.08. The van der Waals surface area contributed by atoms with Crippen LogP contribution in [0.4, 0.5) is 0 Å². The average Bonchev–Trinajstić information content (AvgIpc) is 1.89. The van der Waals surface area contributed by atoms with E-state index in [1.54, 1.807) is 0 Å². The molecule has 0 bridgehead atoms. The molecule has 64 valence electrons. The summed E-state index contributed by atoms with van der Waals surface area (Å²) in [7, 11) is 0. The van der Waals surface area contributed by atoms with Gasteiger partial charge in [-0.1, -0.05) is 33.1 Å². The maximum Gasteiger partial charge on any atom is 1.00 e. The number of hydrogen-bond donors (Lipinski definition) is 1. The fraction of sp³-hybridized carbons (Fsp3) is 1.00. The average molecular weight is 170 g/mol. The molecule has 0 aromatic rings. The molecule has 0 saturated carbocycles. The fourth-order valence-electron chi connectivity index (χ4n) is 0.834. The van der Waals surface area contributed by atoms with Crippen molar-refractivity contribution < 1.29 is 40.1 Å². The summed E-state index contributed by atoms with van der Waals surface area (Å²) in [5, 5.41) is 9.08. The zero-order valence-electron chi connectivity index (χ0n) is 8.01. The van der Waals surface area contributed by atoms with Crippen LogP contribution in [0, 0.1) is 0 Å². The van der Waals surface area contributed by atoms with Gasteiger partial charge in [-0.2, -0.15) is 0 Å². The Morgan fingerprint density at radius 3 is 2.09 bits per heavy atom. The molecular weight excluding hydrogens is 151 g/mol. The van der Waals surface area contributed by atoms with Crippen LogP contribution in [0.15, 0.2) is 0 Å². The van der Waals surface area contributed by atoms with E-state index in [1.165, 1.54) is 19.3 Å². The Balaban J connectivity index is -0.000000320. The number of unbranched alkanes of at least 4 members (excludes halogenated alkanes) is 2. The summed E-state index contributed by atoms with van der Waals surface area (Å²) in [6.07, 6.45) is 5.55. The summed E-state index contributed by atoms with van der Waals surface area (Å²) < 4.78 is 0. The van der Waals surface area contributed by atoms with Crippen molar-refractivity contribution in [1.82, 2.24) is 0 Å². The molecule has 0 aliphatic carbocycles. The van der Waals surface area contributed by atoms with Gasteiger partial charge in [0.2, 0.25) is 0 Å². The molecule has 11 heavy (non-hydrogen) atoms. The number of aliphatic hydroxyl groups is 1. The van der Waals surface area contributed by atoms with E-state index in [0.29, 0.717) is 0 Å². The third-order valence-corrected chi connectivity index (χ3v) is 1.61. The first-order valence-electron chi connectivity index (χ1n) is 3.99. The minimum absolute atomic E-state index is 0. The van der Waals surface area contributed by atoms with Crippen molar-refractivity contribution in [2.75, 3.05) is 0 Å². The second-order valence-electron chi connectivity index (χ2n) is 2.56. The first-order chi connectivity index (χ1) is 4.31. The molecular formula is C8H19NaO2. The first-order valence-corrected chi connectivity index (χ1v) is 3.99.